The van der Waals surface area contributed by atoms with E-state index in [-0.39, 0.29) is 4.88 Å². The molecule has 0 radical (unpaired) electrons. The van der Waals surface area contributed by atoms with Crippen molar-refractivity contribution in [2.24, 2.45) is 0 Å². The number of halogens is 1. The largest absolute Gasteiger partial charge is 0.478 e. The number of aromatic carboxylic acids is 1. The summed E-state index contributed by atoms with van der Waals surface area (Å²) in [5.41, 5.74) is 1.52. The van der Waals surface area contributed by atoms with Crippen LogP contribution in [0.4, 0.5) is 4.39 Å². The minimum absolute atomic E-state index is 0.252. The molecule has 0 aliphatic carbocycles. The third kappa shape index (κ3) is 3.47. The summed E-state index contributed by atoms with van der Waals surface area (Å²) in [6, 6.07) is 5.39. The Kier molecular flexibility index (Phi) is 4.54. The Morgan fingerprint density at radius 2 is 1.95 bits per heavy atom. The van der Waals surface area contributed by atoms with E-state index in [0.29, 0.717) is 6.07 Å². The maximum absolute atomic E-state index is 13.6. The van der Waals surface area contributed by atoms with Gasteiger partial charge in [-0.3, -0.25) is 10.2 Å². The number of hydrogen-bond donors (Lipinski definition) is 3. The quantitative estimate of drug-likeness (QED) is 0.706. The Morgan fingerprint density at radius 3 is 2.55 bits per heavy atom. The van der Waals surface area contributed by atoms with Crippen molar-refractivity contribution >= 4 is 33.2 Å². The third-order valence-corrected chi connectivity index (χ3v) is 4.64. The van der Waals surface area contributed by atoms with Gasteiger partial charge in [0.25, 0.3) is 15.9 Å². The summed E-state index contributed by atoms with van der Waals surface area (Å²) in [5.74, 6) is -3.25. The van der Waals surface area contributed by atoms with Crippen molar-refractivity contribution in [1.29, 1.82) is 0 Å². The van der Waals surface area contributed by atoms with E-state index in [1.165, 1.54) is 6.07 Å². The Morgan fingerprint density at radius 1 is 1.23 bits per heavy atom. The van der Waals surface area contributed by atoms with Gasteiger partial charge in [0.05, 0.1) is 10.4 Å². The Labute approximate surface area is 128 Å². The molecule has 0 aliphatic rings. The fourth-order valence-corrected chi connectivity index (χ4v) is 3.04. The molecule has 0 saturated heterocycles. The molecule has 1 amide bonds. The van der Waals surface area contributed by atoms with Crippen LogP contribution < -0.4 is 10.3 Å². The summed E-state index contributed by atoms with van der Waals surface area (Å²) in [6.45, 7) is 0. The van der Waals surface area contributed by atoms with Crippen LogP contribution in [0.1, 0.15) is 20.0 Å². The van der Waals surface area contributed by atoms with Gasteiger partial charge in [-0.2, -0.15) is 0 Å². The molecule has 0 spiro atoms. The van der Waals surface area contributed by atoms with Crippen molar-refractivity contribution < 1.29 is 27.5 Å². The highest BCUT2D eigenvalue weighted by Crippen LogP contribution is 2.16. The average Bonchev–Trinajstić information content (AvgIpc) is 2.99. The molecule has 10 heteroatoms. The van der Waals surface area contributed by atoms with E-state index < -0.39 is 38.2 Å². The number of sulfonamides is 1. The number of nitrogens with one attached hydrogen (secondary N) is 2. The van der Waals surface area contributed by atoms with Crippen molar-refractivity contribution in [3.05, 3.63) is 52.0 Å². The molecule has 2 rings (SSSR count). The number of hydrazine groups is 1. The summed E-state index contributed by atoms with van der Waals surface area (Å²) in [7, 11) is -4.45. The second kappa shape index (κ2) is 6.22. The van der Waals surface area contributed by atoms with E-state index in [0.717, 1.165) is 23.5 Å². The molecule has 0 atom stereocenters. The van der Waals surface area contributed by atoms with E-state index in [1.54, 1.807) is 16.3 Å². The summed E-state index contributed by atoms with van der Waals surface area (Å²) >= 11 is 1.09. The van der Waals surface area contributed by atoms with Crippen LogP contribution in [0.15, 0.2) is 40.6 Å². The minimum Gasteiger partial charge on any atom is -0.478 e. The van der Waals surface area contributed by atoms with Crippen molar-refractivity contribution in [2.75, 3.05) is 0 Å². The molecule has 1 heterocycles. The average molecular weight is 344 g/mol. The first kappa shape index (κ1) is 16.1. The molecule has 1 aromatic carbocycles. The van der Waals surface area contributed by atoms with E-state index in [9.17, 15) is 22.4 Å². The molecule has 22 heavy (non-hydrogen) atoms. The lowest BCUT2D eigenvalue weighted by molar-refractivity contribution is 0.0696. The number of carboxylic acids is 1. The highest BCUT2D eigenvalue weighted by molar-refractivity contribution is 7.89. The predicted molar refractivity (Wildman–Crippen MR) is 75.5 cm³/mol. The zero-order valence-electron chi connectivity index (χ0n) is 10.7. The van der Waals surface area contributed by atoms with Gasteiger partial charge in [-0.25, -0.2) is 17.6 Å². The van der Waals surface area contributed by atoms with Gasteiger partial charge in [0, 0.05) is 0 Å². The van der Waals surface area contributed by atoms with Gasteiger partial charge in [-0.15, -0.1) is 16.2 Å². The molecule has 0 unspecified atom stereocenters. The van der Waals surface area contributed by atoms with Crippen molar-refractivity contribution in [3.63, 3.8) is 0 Å². The fraction of sp³-hybridized carbons (Fsp3) is 0. The van der Waals surface area contributed by atoms with Crippen LogP contribution in [-0.4, -0.2) is 25.4 Å². The highest BCUT2D eigenvalue weighted by atomic mass is 32.2. The fourth-order valence-electron chi connectivity index (χ4n) is 1.48. The number of carboxylic acid groups (broad SMARTS) is 1. The minimum atomic E-state index is -4.45. The molecule has 1 aromatic heterocycles. The van der Waals surface area contributed by atoms with Crippen LogP contribution in [0, 0.1) is 5.82 Å². The van der Waals surface area contributed by atoms with Crippen LogP contribution in [0.3, 0.4) is 0 Å². The maximum atomic E-state index is 13.6. The SMILES string of the molecule is O=C(O)c1ccc(F)c(S(=O)(=O)NNC(=O)c2cccs2)c1. The van der Waals surface area contributed by atoms with E-state index in [1.807, 2.05) is 5.43 Å². The molecule has 2 aromatic rings. The molecular formula is C12H9FN2O5S2. The summed E-state index contributed by atoms with van der Waals surface area (Å²) in [5, 5.41) is 10.4. The van der Waals surface area contributed by atoms with E-state index in [2.05, 4.69) is 0 Å². The van der Waals surface area contributed by atoms with Gasteiger partial charge >= 0.3 is 5.97 Å². The van der Waals surface area contributed by atoms with Crippen LogP contribution in [-0.2, 0) is 10.0 Å². The Balaban J connectivity index is 2.22. The van der Waals surface area contributed by atoms with Crippen LogP contribution >= 0.6 is 11.3 Å². The molecule has 0 fully saturated rings. The molecule has 116 valence electrons. The normalized spacial score (nSPS) is 11.1. The van der Waals surface area contributed by atoms with Crippen molar-refractivity contribution in [2.45, 2.75) is 4.90 Å². The lowest BCUT2D eigenvalue weighted by Crippen LogP contribution is -2.41. The van der Waals surface area contributed by atoms with Crippen LogP contribution in [0.5, 0.6) is 0 Å². The van der Waals surface area contributed by atoms with E-state index in [4.69, 9.17) is 5.11 Å². The third-order valence-electron chi connectivity index (χ3n) is 2.51. The second-order valence-electron chi connectivity index (χ2n) is 3.99. The number of benzene rings is 1. The first-order chi connectivity index (χ1) is 10.3. The Hall–Kier alpha value is -2.30. The Bertz CT molecular complexity index is 818. The van der Waals surface area contributed by atoms with Gasteiger partial charge in [0.1, 0.15) is 10.7 Å². The molecule has 0 bridgehead atoms. The van der Waals surface area contributed by atoms with Gasteiger partial charge in [0.2, 0.25) is 0 Å². The van der Waals surface area contributed by atoms with Gasteiger partial charge in [-0.1, -0.05) is 6.07 Å². The van der Waals surface area contributed by atoms with Crippen LogP contribution in [0.2, 0.25) is 0 Å². The molecule has 7 nitrogen and oxygen atoms in total. The first-order valence-electron chi connectivity index (χ1n) is 5.70. The lowest BCUT2D eigenvalue weighted by atomic mass is 10.2. The van der Waals surface area contributed by atoms with Gasteiger partial charge in [0.15, 0.2) is 0 Å². The topological polar surface area (TPSA) is 113 Å². The monoisotopic (exact) mass is 344 g/mol. The number of hydrogen-bond acceptors (Lipinski definition) is 5. The van der Waals surface area contributed by atoms with Crippen molar-refractivity contribution in [1.82, 2.24) is 10.3 Å². The van der Waals surface area contributed by atoms with Crippen LogP contribution in [0.25, 0.3) is 0 Å². The smallest absolute Gasteiger partial charge is 0.335 e. The molecular weight excluding hydrogens is 335 g/mol. The van der Waals surface area contributed by atoms with Gasteiger partial charge in [-0.05, 0) is 29.6 Å². The molecule has 0 aliphatic heterocycles. The number of carbonyl (C=O) groups excluding carboxylic acids is 1. The number of rotatable bonds is 5. The summed E-state index contributed by atoms with van der Waals surface area (Å²) < 4.78 is 37.5. The summed E-state index contributed by atoms with van der Waals surface area (Å²) in [6.07, 6.45) is 0. The standard InChI is InChI=1S/C12H9FN2O5S2/c13-8-4-3-7(12(17)18)6-10(8)22(19,20)15-14-11(16)9-2-1-5-21-9/h1-6,15H,(H,14,16)(H,17,18). The zero-order valence-corrected chi connectivity index (χ0v) is 12.4. The number of thiophene rings is 1. The lowest BCUT2D eigenvalue weighted by Gasteiger charge is -2.09. The summed E-state index contributed by atoms with van der Waals surface area (Å²) in [4.78, 5) is 23.5. The second-order valence-corrected chi connectivity index (χ2v) is 6.59. The zero-order chi connectivity index (χ0) is 16.3. The maximum Gasteiger partial charge on any atom is 0.335 e. The molecule has 0 saturated carbocycles. The number of carbonyl (C=O) groups is 2. The van der Waals surface area contributed by atoms with E-state index >= 15 is 0 Å². The van der Waals surface area contributed by atoms with Crippen molar-refractivity contribution in [3.8, 4) is 0 Å². The first-order valence-corrected chi connectivity index (χ1v) is 8.06. The number of amides is 1. The highest BCUT2D eigenvalue weighted by Gasteiger charge is 2.22. The van der Waals surface area contributed by atoms with Gasteiger partial charge < -0.3 is 5.11 Å². The predicted octanol–water partition coefficient (Wildman–Crippen LogP) is 1.21. The molecule has 3 N–H and O–H groups in total.